The first-order valence-electron chi connectivity index (χ1n) is 5.95. The zero-order valence-electron chi connectivity index (χ0n) is 10.6. The van der Waals surface area contributed by atoms with E-state index in [9.17, 15) is 0 Å². The molecule has 0 aliphatic carbocycles. The van der Waals surface area contributed by atoms with E-state index in [4.69, 9.17) is 27.9 Å². The Morgan fingerprint density at radius 3 is 2.60 bits per heavy atom. The summed E-state index contributed by atoms with van der Waals surface area (Å²) in [5.41, 5.74) is 1.55. The van der Waals surface area contributed by atoms with Crippen molar-refractivity contribution in [2.24, 2.45) is 0 Å². The molecule has 20 heavy (non-hydrogen) atoms. The van der Waals surface area contributed by atoms with Crippen molar-refractivity contribution in [2.75, 3.05) is 7.11 Å². The lowest BCUT2D eigenvalue weighted by Gasteiger charge is -2.09. The summed E-state index contributed by atoms with van der Waals surface area (Å²) in [6, 6.07) is 12.9. The van der Waals surface area contributed by atoms with Gasteiger partial charge in [-0.3, -0.25) is 0 Å². The van der Waals surface area contributed by atoms with Crippen LogP contribution < -0.4 is 4.74 Å². The van der Waals surface area contributed by atoms with E-state index >= 15 is 0 Å². The van der Waals surface area contributed by atoms with E-state index in [0.717, 1.165) is 16.5 Å². The van der Waals surface area contributed by atoms with Crippen LogP contribution >= 0.6 is 23.2 Å². The fourth-order valence-corrected chi connectivity index (χ4v) is 2.41. The van der Waals surface area contributed by atoms with Gasteiger partial charge in [0.15, 0.2) is 5.82 Å². The van der Waals surface area contributed by atoms with Crippen molar-refractivity contribution in [1.82, 2.24) is 9.97 Å². The number of methoxy groups -OCH3 is 1. The van der Waals surface area contributed by atoms with Gasteiger partial charge < -0.3 is 4.74 Å². The number of ether oxygens (including phenoxy) is 1. The number of rotatable bonds is 2. The molecule has 0 radical (unpaired) electrons. The number of halogens is 2. The lowest BCUT2D eigenvalue weighted by Crippen LogP contribution is -1.95. The van der Waals surface area contributed by atoms with Gasteiger partial charge in [-0.1, -0.05) is 35.3 Å². The molecule has 2 aromatic carbocycles. The molecule has 0 N–H and O–H groups in total. The Balaban J connectivity index is 2.25. The fourth-order valence-electron chi connectivity index (χ4n) is 2.01. The van der Waals surface area contributed by atoms with Crippen LogP contribution in [-0.4, -0.2) is 17.1 Å². The molecule has 3 nitrogen and oxygen atoms in total. The zero-order chi connectivity index (χ0) is 14.1. The topological polar surface area (TPSA) is 35.0 Å². The normalized spacial score (nSPS) is 10.8. The summed E-state index contributed by atoms with van der Waals surface area (Å²) in [6.45, 7) is 0. The van der Waals surface area contributed by atoms with E-state index < -0.39 is 0 Å². The van der Waals surface area contributed by atoms with Gasteiger partial charge in [-0.25, -0.2) is 9.97 Å². The summed E-state index contributed by atoms with van der Waals surface area (Å²) in [4.78, 5) is 8.87. The van der Waals surface area contributed by atoms with Crippen molar-refractivity contribution < 1.29 is 4.74 Å². The Bertz CT molecular complexity index is 790. The number of benzene rings is 2. The van der Waals surface area contributed by atoms with Crippen molar-refractivity contribution in [3.8, 4) is 17.1 Å². The second kappa shape index (κ2) is 5.27. The molecule has 3 rings (SSSR count). The van der Waals surface area contributed by atoms with E-state index in [1.54, 1.807) is 19.2 Å². The molecule has 3 aromatic rings. The first-order valence-corrected chi connectivity index (χ1v) is 6.71. The van der Waals surface area contributed by atoms with Crippen LogP contribution in [0, 0.1) is 0 Å². The minimum absolute atomic E-state index is 0.419. The number of hydrogen-bond acceptors (Lipinski definition) is 3. The fraction of sp³-hybridized carbons (Fsp3) is 0.0667. The molecule has 0 aliphatic heterocycles. The van der Waals surface area contributed by atoms with E-state index in [0.29, 0.717) is 21.7 Å². The predicted octanol–water partition coefficient (Wildman–Crippen LogP) is 4.61. The van der Waals surface area contributed by atoms with E-state index in [-0.39, 0.29) is 0 Å². The molecule has 100 valence electrons. The van der Waals surface area contributed by atoms with Crippen LogP contribution in [0.4, 0.5) is 0 Å². The van der Waals surface area contributed by atoms with Gasteiger partial charge in [0.25, 0.3) is 0 Å². The van der Waals surface area contributed by atoms with E-state index in [1.165, 1.54) is 0 Å². The highest BCUT2D eigenvalue weighted by Gasteiger charge is 2.12. The highest BCUT2D eigenvalue weighted by atomic mass is 35.5. The van der Waals surface area contributed by atoms with Crippen molar-refractivity contribution in [2.45, 2.75) is 0 Å². The first-order chi connectivity index (χ1) is 9.69. The van der Waals surface area contributed by atoms with Crippen LogP contribution in [-0.2, 0) is 0 Å². The standard InChI is InChI=1S/C15H10Cl2N2O/c1-20-13-8-9(16)6-7-11(13)15-18-12-5-3-2-4-10(12)14(17)19-15/h2-8H,1H3. The molecule has 0 atom stereocenters. The first kappa shape index (κ1) is 13.2. The third-order valence-electron chi connectivity index (χ3n) is 2.96. The molecule has 0 amide bonds. The zero-order valence-corrected chi connectivity index (χ0v) is 12.1. The Hall–Kier alpha value is -1.84. The third kappa shape index (κ3) is 2.30. The largest absolute Gasteiger partial charge is 0.496 e. The summed E-state index contributed by atoms with van der Waals surface area (Å²) in [5, 5.41) is 1.84. The highest BCUT2D eigenvalue weighted by Crippen LogP contribution is 2.32. The van der Waals surface area contributed by atoms with Gasteiger partial charge in [0.2, 0.25) is 0 Å². The number of fused-ring (bicyclic) bond motifs is 1. The van der Waals surface area contributed by atoms with Crippen molar-refractivity contribution in [1.29, 1.82) is 0 Å². The molecule has 1 heterocycles. The maximum atomic E-state index is 6.22. The Morgan fingerprint density at radius 1 is 1.00 bits per heavy atom. The molecule has 0 saturated heterocycles. The van der Waals surface area contributed by atoms with Gasteiger partial charge in [-0.05, 0) is 30.3 Å². The highest BCUT2D eigenvalue weighted by molar-refractivity contribution is 6.34. The third-order valence-corrected chi connectivity index (χ3v) is 3.48. The van der Waals surface area contributed by atoms with Crippen molar-refractivity contribution in [3.63, 3.8) is 0 Å². The minimum atomic E-state index is 0.419. The Labute approximate surface area is 126 Å². The molecule has 5 heteroatoms. The Morgan fingerprint density at radius 2 is 1.80 bits per heavy atom. The van der Waals surface area contributed by atoms with Crippen LogP contribution in [0.5, 0.6) is 5.75 Å². The van der Waals surface area contributed by atoms with Crippen LogP contribution in [0.3, 0.4) is 0 Å². The number of para-hydroxylation sites is 1. The number of aromatic nitrogens is 2. The molecule has 0 unspecified atom stereocenters. The van der Waals surface area contributed by atoms with Gasteiger partial charge in [0.1, 0.15) is 10.9 Å². The quantitative estimate of drug-likeness (QED) is 0.648. The summed E-state index contributed by atoms with van der Waals surface area (Å²) < 4.78 is 5.32. The van der Waals surface area contributed by atoms with Crippen molar-refractivity contribution >= 4 is 34.1 Å². The van der Waals surface area contributed by atoms with Gasteiger partial charge in [-0.15, -0.1) is 0 Å². The molecule has 0 spiro atoms. The van der Waals surface area contributed by atoms with Gasteiger partial charge >= 0.3 is 0 Å². The van der Waals surface area contributed by atoms with E-state index in [1.807, 2.05) is 30.3 Å². The van der Waals surface area contributed by atoms with Crippen LogP contribution in [0.15, 0.2) is 42.5 Å². The summed E-state index contributed by atoms with van der Waals surface area (Å²) in [6.07, 6.45) is 0. The molecule has 0 fully saturated rings. The summed E-state index contributed by atoms with van der Waals surface area (Å²) >= 11 is 12.2. The summed E-state index contributed by atoms with van der Waals surface area (Å²) in [7, 11) is 1.58. The molecular formula is C15H10Cl2N2O. The van der Waals surface area contributed by atoms with Crippen molar-refractivity contribution in [3.05, 3.63) is 52.6 Å². The lowest BCUT2D eigenvalue weighted by molar-refractivity contribution is 0.416. The summed E-state index contributed by atoms with van der Waals surface area (Å²) in [5.74, 6) is 1.13. The smallest absolute Gasteiger partial charge is 0.165 e. The molecule has 0 bridgehead atoms. The van der Waals surface area contributed by atoms with Gasteiger partial charge in [-0.2, -0.15) is 0 Å². The second-order valence-electron chi connectivity index (χ2n) is 4.20. The maximum absolute atomic E-state index is 6.22. The van der Waals surface area contributed by atoms with Crippen LogP contribution in [0.25, 0.3) is 22.3 Å². The van der Waals surface area contributed by atoms with Crippen LogP contribution in [0.1, 0.15) is 0 Å². The number of nitrogens with zero attached hydrogens (tertiary/aromatic N) is 2. The monoisotopic (exact) mass is 304 g/mol. The molecule has 0 saturated carbocycles. The SMILES string of the molecule is COc1cc(Cl)ccc1-c1nc(Cl)c2ccccc2n1. The number of hydrogen-bond donors (Lipinski definition) is 0. The average molecular weight is 305 g/mol. The minimum Gasteiger partial charge on any atom is -0.496 e. The van der Waals surface area contributed by atoms with Gasteiger partial charge in [0.05, 0.1) is 18.2 Å². The van der Waals surface area contributed by atoms with Crippen LogP contribution in [0.2, 0.25) is 10.2 Å². The molecular weight excluding hydrogens is 295 g/mol. The van der Waals surface area contributed by atoms with E-state index in [2.05, 4.69) is 9.97 Å². The van der Waals surface area contributed by atoms with Gasteiger partial charge in [0, 0.05) is 10.4 Å². The Kier molecular flexibility index (Phi) is 3.47. The maximum Gasteiger partial charge on any atom is 0.165 e. The predicted molar refractivity (Wildman–Crippen MR) is 81.5 cm³/mol. The molecule has 1 aromatic heterocycles. The second-order valence-corrected chi connectivity index (χ2v) is 4.99. The lowest BCUT2D eigenvalue weighted by atomic mass is 10.1. The average Bonchev–Trinajstić information content (AvgIpc) is 2.47. The molecule has 0 aliphatic rings.